The van der Waals surface area contributed by atoms with E-state index < -0.39 is 23.3 Å². The molecule has 0 heterocycles. The van der Waals surface area contributed by atoms with Gasteiger partial charge in [0.2, 0.25) is 0 Å². The summed E-state index contributed by atoms with van der Waals surface area (Å²) in [5, 5.41) is 12.9. The molecule has 2 rings (SSSR count). The molecule has 7 nitrogen and oxygen atoms in total. The van der Waals surface area contributed by atoms with E-state index in [1.165, 1.54) is 18.2 Å². The van der Waals surface area contributed by atoms with Crippen molar-refractivity contribution in [2.45, 2.75) is 0 Å². The molecule has 0 aliphatic rings. The summed E-state index contributed by atoms with van der Waals surface area (Å²) >= 11 is 5.60. The lowest BCUT2D eigenvalue weighted by molar-refractivity contribution is -0.384. The zero-order chi connectivity index (χ0) is 17.7. The zero-order valence-corrected chi connectivity index (χ0v) is 12.7. The second kappa shape index (κ2) is 7.51. The number of amides is 1. The second-order valence-corrected chi connectivity index (χ2v) is 4.97. The summed E-state index contributed by atoms with van der Waals surface area (Å²) in [5.74, 6) is -1.16. The van der Waals surface area contributed by atoms with E-state index in [-0.39, 0.29) is 27.7 Å². The number of benzene rings is 2. The van der Waals surface area contributed by atoms with Crippen molar-refractivity contribution in [2.75, 3.05) is 11.9 Å². The van der Waals surface area contributed by atoms with Crippen LogP contribution in [0.5, 0.6) is 5.75 Å². The average molecular weight is 353 g/mol. The van der Waals surface area contributed by atoms with Crippen molar-refractivity contribution in [3.05, 3.63) is 62.9 Å². The maximum atomic E-state index is 13.0. The molecule has 0 unspecified atom stereocenters. The molecule has 0 saturated heterocycles. The number of nitro benzene ring substituents is 1. The van der Waals surface area contributed by atoms with E-state index in [9.17, 15) is 24.1 Å². The lowest BCUT2D eigenvalue weighted by Crippen LogP contribution is -2.20. The van der Waals surface area contributed by atoms with Gasteiger partial charge in [-0.05, 0) is 24.3 Å². The maximum absolute atomic E-state index is 13.0. The first-order valence-corrected chi connectivity index (χ1v) is 6.90. The number of nitrogens with zero attached hydrogens (tertiary/aromatic N) is 1. The van der Waals surface area contributed by atoms with E-state index in [4.69, 9.17) is 16.3 Å². The van der Waals surface area contributed by atoms with Crippen LogP contribution in [0.2, 0.25) is 5.02 Å². The maximum Gasteiger partial charge on any atom is 0.270 e. The summed E-state index contributed by atoms with van der Waals surface area (Å²) in [4.78, 5) is 32.7. The number of rotatable bonds is 6. The van der Waals surface area contributed by atoms with Gasteiger partial charge in [0.05, 0.1) is 15.5 Å². The topological polar surface area (TPSA) is 98.5 Å². The number of ether oxygens (including phenoxy) is 1. The number of carbonyl (C=O) groups excluding carboxylic acids is 2. The van der Waals surface area contributed by atoms with Gasteiger partial charge in [-0.2, -0.15) is 0 Å². The van der Waals surface area contributed by atoms with Gasteiger partial charge in [0.25, 0.3) is 11.6 Å². The van der Waals surface area contributed by atoms with E-state index >= 15 is 0 Å². The lowest BCUT2D eigenvalue weighted by Gasteiger charge is -2.09. The molecular weight excluding hydrogens is 343 g/mol. The van der Waals surface area contributed by atoms with Crippen molar-refractivity contribution in [3.63, 3.8) is 0 Å². The first-order chi connectivity index (χ1) is 11.4. The number of halogens is 2. The van der Waals surface area contributed by atoms with Gasteiger partial charge < -0.3 is 10.1 Å². The molecular formula is C15H10ClFN2O5. The zero-order valence-electron chi connectivity index (χ0n) is 12.0. The molecule has 2 aromatic rings. The number of aldehydes is 1. The predicted molar refractivity (Wildman–Crippen MR) is 84.0 cm³/mol. The lowest BCUT2D eigenvalue weighted by atomic mass is 10.2. The Morgan fingerprint density at radius 3 is 2.71 bits per heavy atom. The van der Waals surface area contributed by atoms with E-state index in [1.807, 2.05) is 0 Å². The monoisotopic (exact) mass is 352 g/mol. The highest BCUT2D eigenvalue weighted by molar-refractivity contribution is 6.31. The number of nitrogens with one attached hydrogen (secondary N) is 1. The van der Waals surface area contributed by atoms with Crippen molar-refractivity contribution >= 4 is 35.2 Å². The van der Waals surface area contributed by atoms with Crippen molar-refractivity contribution in [2.24, 2.45) is 0 Å². The third-order valence-corrected chi connectivity index (χ3v) is 3.18. The second-order valence-electron chi connectivity index (χ2n) is 4.56. The van der Waals surface area contributed by atoms with Crippen LogP contribution in [-0.4, -0.2) is 23.7 Å². The van der Waals surface area contributed by atoms with E-state index in [2.05, 4.69) is 5.32 Å². The molecule has 2 aromatic carbocycles. The Kier molecular flexibility index (Phi) is 5.43. The Hall–Kier alpha value is -3.00. The predicted octanol–water partition coefficient (Wildman–Crippen LogP) is 3.22. The van der Waals surface area contributed by atoms with Crippen molar-refractivity contribution < 1.29 is 23.6 Å². The molecule has 9 heteroatoms. The number of hydrogen-bond acceptors (Lipinski definition) is 5. The smallest absolute Gasteiger partial charge is 0.270 e. The van der Waals surface area contributed by atoms with E-state index in [0.717, 1.165) is 18.2 Å². The van der Waals surface area contributed by atoms with Crippen LogP contribution in [0.4, 0.5) is 15.8 Å². The van der Waals surface area contributed by atoms with Gasteiger partial charge in [-0.25, -0.2) is 4.39 Å². The molecule has 0 atom stereocenters. The van der Waals surface area contributed by atoms with E-state index in [1.54, 1.807) is 0 Å². The molecule has 1 N–H and O–H groups in total. The molecule has 0 aliphatic heterocycles. The van der Waals surface area contributed by atoms with Crippen LogP contribution in [0.1, 0.15) is 10.4 Å². The first kappa shape index (κ1) is 17.4. The fraction of sp³-hybridized carbons (Fsp3) is 0.0667. The normalized spacial score (nSPS) is 10.1. The van der Waals surface area contributed by atoms with Crippen molar-refractivity contribution in [3.8, 4) is 5.75 Å². The summed E-state index contributed by atoms with van der Waals surface area (Å²) in [7, 11) is 0. The molecule has 0 spiro atoms. The average Bonchev–Trinajstić information content (AvgIpc) is 2.56. The van der Waals surface area contributed by atoms with Crippen LogP contribution in [-0.2, 0) is 4.79 Å². The molecule has 0 aliphatic carbocycles. The van der Waals surface area contributed by atoms with Gasteiger partial charge in [0.15, 0.2) is 12.9 Å². The SMILES string of the molecule is O=Cc1cc([N+](=O)[O-])ccc1OCC(=O)Nc1ccc(F)c(Cl)c1. The third-order valence-electron chi connectivity index (χ3n) is 2.89. The van der Waals surface area contributed by atoms with Gasteiger partial charge in [0.1, 0.15) is 11.6 Å². The highest BCUT2D eigenvalue weighted by Crippen LogP contribution is 2.23. The standard InChI is InChI=1S/C15H10ClFN2O5/c16-12-6-10(1-3-13(12)17)18-15(21)8-24-14-4-2-11(19(22)23)5-9(14)7-20/h1-7H,8H2,(H,18,21). The number of non-ortho nitro benzene ring substituents is 1. The fourth-order valence-corrected chi connectivity index (χ4v) is 1.97. The Morgan fingerprint density at radius 2 is 2.08 bits per heavy atom. The minimum absolute atomic E-state index is 0.0305. The van der Waals surface area contributed by atoms with Gasteiger partial charge in [0, 0.05) is 17.8 Å². The molecule has 0 radical (unpaired) electrons. The van der Waals surface area contributed by atoms with E-state index in [0.29, 0.717) is 6.29 Å². The van der Waals surface area contributed by atoms with Gasteiger partial charge in [-0.1, -0.05) is 11.6 Å². The van der Waals surface area contributed by atoms with Crippen molar-refractivity contribution in [1.82, 2.24) is 0 Å². The highest BCUT2D eigenvalue weighted by atomic mass is 35.5. The van der Waals surface area contributed by atoms with Gasteiger partial charge >= 0.3 is 0 Å². The number of hydrogen-bond donors (Lipinski definition) is 1. The molecule has 0 fully saturated rings. The largest absolute Gasteiger partial charge is 0.483 e. The Bertz CT molecular complexity index is 812. The Balaban J connectivity index is 2.02. The first-order valence-electron chi connectivity index (χ1n) is 6.52. The van der Waals surface area contributed by atoms with Crippen LogP contribution >= 0.6 is 11.6 Å². The van der Waals surface area contributed by atoms with Crippen LogP contribution in [0, 0.1) is 15.9 Å². The number of nitro groups is 1. The van der Waals surface area contributed by atoms with Crippen LogP contribution in [0.25, 0.3) is 0 Å². The van der Waals surface area contributed by atoms with Crippen LogP contribution in [0.15, 0.2) is 36.4 Å². The van der Waals surface area contributed by atoms with Crippen LogP contribution in [0.3, 0.4) is 0 Å². The minimum atomic E-state index is -0.651. The fourth-order valence-electron chi connectivity index (χ4n) is 1.79. The van der Waals surface area contributed by atoms with Gasteiger partial charge in [-0.3, -0.25) is 19.7 Å². The Morgan fingerprint density at radius 1 is 1.33 bits per heavy atom. The summed E-state index contributed by atoms with van der Waals surface area (Å²) in [6, 6.07) is 7.07. The molecule has 0 bridgehead atoms. The number of carbonyl (C=O) groups is 2. The number of anilines is 1. The quantitative estimate of drug-likeness (QED) is 0.489. The van der Waals surface area contributed by atoms with Crippen molar-refractivity contribution in [1.29, 1.82) is 0 Å². The Labute approximate surface area is 140 Å². The van der Waals surface area contributed by atoms with Crippen LogP contribution < -0.4 is 10.1 Å². The minimum Gasteiger partial charge on any atom is -0.483 e. The molecule has 124 valence electrons. The highest BCUT2D eigenvalue weighted by Gasteiger charge is 2.13. The van der Waals surface area contributed by atoms with Gasteiger partial charge in [-0.15, -0.1) is 0 Å². The summed E-state index contributed by atoms with van der Waals surface area (Å²) in [5.41, 5.74) is -0.0500. The summed E-state index contributed by atoms with van der Waals surface area (Å²) < 4.78 is 18.2. The molecule has 0 saturated carbocycles. The molecule has 1 amide bonds. The molecule has 24 heavy (non-hydrogen) atoms. The summed E-state index contributed by atoms with van der Waals surface area (Å²) in [6.07, 6.45) is 0.389. The summed E-state index contributed by atoms with van der Waals surface area (Å²) in [6.45, 7) is -0.451. The third kappa shape index (κ3) is 4.26. The molecule has 0 aromatic heterocycles.